The summed E-state index contributed by atoms with van der Waals surface area (Å²) in [5, 5.41) is 3.22. The van der Waals surface area contributed by atoms with Crippen LogP contribution in [0.3, 0.4) is 0 Å². The number of rotatable bonds is 5. The van der Waals surface area contributed by atoms with E-state index in [9.17, 15) is 4.39 Å². The third kappa shape index (κ3) is 3.06. The monoisotopic (exact) mass is 273 g/mol. The van der Waals surface area contributed by atoms with Crippen LogP contribution in [0, 0.1) is 12.7 Å². The van der Waals surface area contributed by atoms with Crippen LogP contribution in [0.25, 0.3) is 0 Å². The van der Waals surface area contributed by atoms with Crippen molar-refractivity contribution in [1.29, 1.82) is 0 Å². The number of methoxy groups -OCH3 is 1. The molecule has 2 rings (SSSR count). The summed E-state index contributed by atoms with van der Waals surface area (Å²) >= 11 is 0. The van der Waals surface area contributed by atoms with Gasteiger partial charge < -0.3 is 10.1 Å². The first-order chi connectivity index (χ1) is 9.67. The van der Waals surface area contributed by atoms with Gasteiger partial charge in [-0.3, -0.25) is 0 Å². The van der Waals surface area contributed by atoms with Crippen LogP contribution in [-0.4, -0.2) is 14.2 Å². The van der Waals surface area contributed by atoms with Crippen molar-refractivity contribution in [1.82, 2.24) is 5.32 Å². The Balaban J connectivity index is 2.36. The zero-order valence-corrected chi connectivity index (χ0v) is 12.1. The number of hydrogen-bond donors (Lipinski definition) is 1. The topological polar surface area (TPSA) is 21.3 Å². The Bertz CT molecular complexity index is 556. The van der Waals surface area contributed by atoms with Gasteiger partial charge in [0.05, 0.1) is 6.04 Å². The second kappa shape index (κ2) is 6.64. The van der Waals surface area contributed by atoms with Gasteiger partial charge in [-0.05, 0) is 36.7 Å². The quantitative estimate of drug-likeness (QED) is 0.895. The highest BCUT2D eigenvalue weighted by Gasteiger charge is 2.23. The van der Waals surface area contributed by atoms with Gasteiger partial charge in [-0.2, -0.15) is 0 Å². The number of benzene rings is 2. The van der Waals surface area contributed by atoms with Gasteiger partial charge in [-0.1, -0.05) is 42.5 Å². The van der Waals surface area contributed by atoms with Crippen LogP contribution in [0.15, 0.2) is 48.5 Å². The van der Waals surface area contributed by atoms with Gasteiger partial charge in [0.2, 0.25) is 0 Å². The predicted molar refractivity (Wildman–Crippen MR) is 79.1 cm³/mol. The van der Waals surface area contributed by atoms with E-state index in [0.717, 1.165) is 11.1 Å². The van der Waals surface area contributed by atoms with Crippen molar-refractivity contribution in [2.24, 2.45) is 0 Å². The molecule has 2 unspecified atom stereocenters. The molecule has 2 aromatic carbocycles. The molecule has 0 fully saturated rings. The van der Waals surface area contributed by atoms with E-state index in [-0.39, 0.29) is 18.0 Å². The number of nitrogens with one attached hydrogen (secondary N) is 1. The number of likely N-dealkylation sites (N-methyl/N-ethyl adjacent to an activating group) is 1. The first kappa shape index (κ1) is 14.7. The van der Waals surface area contributed by atoms with E-state index in [4.69, 9.17) is 4.74 Å². The first-order valence-electron chi connectivity index (χ1n) is 6.68. The Morgan fingerprint density at radius 3 is 2.30 bits per heavy atom. The van der Waals surface area contributed by atoms with Crippen LogP contribution in [0.2, 0.25) is 0 Å². The SMILES string of the molecule is CNC(c1ccc(C)c(F)c1)C(OC)c1ccccc1. The smallest absolute Gasteiger partial charge is 0.126 e. The van der Waals surface area contributed by atoms with Crippen molar-refractivity contribution < 1.29 is 9.13 Å². The summed E-state index contributed by atoms with van der Waals surface area (Å²) in [4.78, 5) is 0. The lowest BCUT2D eigenvalue weighted by Gasteiger charge is -2.26. The molecule has 0 spiro atoms. The summed E-state index contributed by atoms with van der Waals surface area (Å²) in [5.74, 6) is -0.189. The molecule has 20 heavy (non-hydrogen) atoms. The van der Waals surface area contributed by atoms with Crippen LogP contribution < -0.4 is 5.32 Å². The lowest BCUT2D eigenvalue weighted by molar-refractivity contribution is 0.0701. The van der Waals surface area contributed by atoms with Crippen molar-refractivity contribution in [3.05, 3.63) is 71.0 Å². The molecular weight excluding hydrogens is 253 g/mol. The molecule has 106 valence electrons. The van der Waals surface area contributed by atoms with Gasteiger partial charge in [-0.25, -0.2) is 4.39 Å². The van der Waals surface area contributed by atoms with Crippen LogP contribution in [0.5, 0.6) is 0 Å². The van der Waals surface area contributed by atoms with Crippen LogP contribution in [0.4, 0.5) is 4.39 Å². The first-order valence-corrected chi connectivity index (χ1v) is 6.68. The Morgan fingerprint density at radius 1 is 1.05 bits per heavy atom. The molecule has 0 saturated heterocycles. The van der Waals surface area contributed by atoms with E-state index in [1.807, 2.05) is 43.4 Å². The average Bonchev–Trinajstić information content (AvgIpc) is 2.48. The second-order valence-corrected chi connectivity index (χ2v) is 4.84. The van der Waals surface area contributed by atoms with E-state index >= 15 is 0 Å². The molecule has 0 heterocycles. The third-order valence-corrected chi connectivity index (χ3v) is 3.55. The Kier molecular flexibility index (Phi) is 4.88. The number of halogens is 1. The minimum atomic E-state index is -0.189. The van der Waals surface area contributed by atoms with Gasteiger partial charge in [0.1, 0.15) is 11.9 Å². The van der Waals surface area contributed by atoms with Gasteiger partial charge in [0, 0.05) is 7.11 Å². The maximum absolute atomic E-state index is 13.8. The van der Waals surface area contributed by atoms with Crippen molar-refractivity contribution >= 4 is 0 Å². The fraction of sp³-hybridized carbons (Fsp3) is 0.294. The van der Waals surface area contributed by atoms with E-state index in [1.165, 1.54) is 0 Å². The minimum Gasteiger partial charge on any atom is -0.375 e. The number of aryl methyl sites for hydroxylation is 1. The molecule has 0 aromatic heterocycles. The van der Waals surface area contributed by atoms with E-state index in [2.05, 4.69) is 5.32 Å². The van der Waals surface area contributed by atoms with Crippen LogP contribution >= 0.6 is 0 Å². The lowest BCUT2D eigenvalue weighted by atomic mass is 9.95. The minimum absolute atomic E-state index is 0.0995. The molecule has 2 aromatic rings. The fourth-order valence-electron chi connectivity index (χ4n) is 2.40. The summed E-state index contributed by atoms with van der Waals surface area (Å²) in [6, 6.07) is 15.2. The molecule has 0 bridgehead atoms. The fourth-order valence-corrected chi connectivity index (χ4v) is 2.40. The number of ether oxygens (including phenoxy) is 1. The highest BCUT2D eigenvalue weighted by Crippen LogP contribution is 2.31. The molecule has 0 aliphatic rings. The predicted octanol–water partition coefficient (Wildman–Crippen LogP) is 3.78. The molecule has 0 amide bonds. The molecule has 0 aliphatic carbocycles. The summed E-state index contributed by atoms with van der Waals surface area (Å²) in [6.07, 6.45) is -0.164. The standard InChI is InChI=1S/C17H20FNO/c1-12-9-10-14(11-15(12)18)16(19-2)17(20-3)13-7-5-4-6-8-13/h4-11,16-17,19H,1-3H3. The molecule has 0 aliphatic heterocycles. The second-order valence-electron chi connectivity index (χ2n) is 4.84. The Morgan fingerprint density at radius 2 is 1.75 bits per heavy atom. The Labute approximate surface area is 119 Å². The molecule has 0 saturated carbocycles. The van der Waals surface area contributed by atoms with Crippen LogP contribution in [-0.2, 0) is 4.74 Å². The van der Waals surface area contributed by atoms with Crippen molar-refractivity contribution in [2.75, 3.05) is 14.2 Å². The van der Waals surface area contributed by atoms with Crippen molar-refractivity contribution in [2.45, 2.75) is 19.1 Å². The van der Waals surface area contributed by atoms with E-state index in [1.54, 1.807) is 26.2 Å². The van der Waals surface area contributed by atoms with Crippen molar-refractivity contribution in [3.63, 3.8) is 0 Å². The number of hydrogen-bond acceptors (Lipinski definition) is 2. The van der Waals surface area contributed by atoms with E-state index < -0.39 is 0 Å². The van der Waals surface area contributed by atoms with Gasteiger partial charge >= 0.3 is 0 Å². The van der Waals surface area contributed by atoms with Gasteiger partial charge in [0.15, 0.2) is 0 Å². The molecule has 1 N–H and O–H groups in total. The lowest BCUT2D eigenvalue weighted by Crippen LogP contribution is -2.25. The largest absolute Gasteiger partial charge is 0.375 e. The normalized spacial score (nSPS) is 14.0. The maximum atomic E-state index is 13.8. The summed E-state index contributed by atoms with van der Waals surface area (Å²) in [5.41, 5.74) is 2.60. The maximum Gasteiger partial charge on any atom is 0.126 e. The van der Waals surface area contributed by atoms with Crippen molar-refractivity contribution in [3.8, 4) is 0 Å². The molecular formula is C17H20FNO. The summed E-state index contributed by atoms with van der Waals surface area (Å²) < 4.78 is 19.4. The zero-order chi connectivity index (χ0) is 14.5. The zero-order valence-electron chi connectivity index (χ0n) is 12.1. The molecule has 0 radical (unpaired) electrons. The Hall–Kier alpha value is -1.71. The summed E-state index contributed by atoms with van der Waals surface area (Å²) in [6.45, 7) is 1.76. The van der Waals surface area contributed by atoms with Crippen LogP contribution in [0.1, 0.15) is 28.8 Å². The summed E-state index contributed by atoms with van der Waals surface area (Å²) in [7, 11) is 3.53. The van der Waals surface area contributed by atoms with Gasteiger partial charge in [-0.15, -0.1) is 0 Å². The average molecular weight is 273 g/mol. The molecule has 2 nitrogen and oxygen atoms in total. The highest BCUT2D eigenvalue weighted by atomic mass is 19.1. The highest BCUT2D eigenvalue weighted by molar-refractivity contribution is 5.29. The van der Waals surface area contributed by atoms with E-state index in [0.29, 0.717) is 5.56 Å². The third-order valence-electron chi connectivity index (χ3n) is 3.55. The molecule has 3 heteroatoms. The van der Waals surface area contributed by atoms with Gasteiger partial charge in [0.25, 0.3) is 0 Å². The molecule has 2 atom stereocenters.